The van der Waals surface area contributed by atoms with Gasteiger partial charge in [0.05, 0.1) is 11.0 Å². The number of anilines is 1. The van der Waals surface area contributed by atoms with Crippen LogP contribution in [0.1, 0.15) is 26.7 Å². The Morgan fingerprint density at radius 1 is 1.29 bits per heavy atom. The van der Waals surface area contributed by atoms with Crippen molar-refractivity contribution >= 4 is 17.0 Å². The van der Waals surface area contributed by atoms with E-state index in [2.05, 4.69) is 59.9 Å². The molecule has 1 aliphatic rings. The van der Waals surface area contributed by atoms with Crippen LogP contribution in [0.4, 0.5) is 5.95 Å². The fourth-order valence-electron chi connectivity index (χ4n) is 3.26. The largest absolute Gasteiger partial charge is 0.340 e. The molecular formula is C17H26N4. The molecule has 2 aromatic rings. The Hall–Kier alpha value is -1.55. The van der Waals surface area contributed by atoms with Gasteiger partial charge in [0.2, 0.25) is 5.95 Å². The summed E-state index contributed by atoms with van der Waals surface area (Å²) in [4.78, 5) is 7.34. The lowest BCUT2D eigenvalue weighted by Crippen LogP contribution is -2.40. The van der Waals surface area contributed by atoms with Crippen molar-refractivity contribution in [1.29, 1.82) is 0 Å². The van der Waals surface area contributed by atoms with Crippen molar-refractivity contribution in [3.63, 3.8) is 0 Å². The summed E-state index contributed by atoms with van der Waals surface area (Å²) >= 11 is 0. The Morgan fingerprint density at radius 3 is 2.67 bits per heavy atom. The van der Waals surface area contributed by atoms with Gasteiger partial charge in [-0.05, 0) is 57.8 Å². The quantitative estimate of drug-likeness (QED) is 0.938. The molecule has 0 aliphatic carbocycles. The highest BCUT2D eigenvalue weighted by molar-refractivity contribution is 5.78. The number of nitrogens with zero attached hydrogens (tertiary/aromatic N) is 3. The Kier molecular flexibility index (Phi) is 4.15. The van der Waals surface area contributed by atoms with E-state index in [0.717, 1.165) is 37.0 Å². The van der Waals surface area contributed by atoms with Gasteiger partial charge in [0.25, 0.3) is 0 Å². The lowest BCUT2D eigenvalue weighted by Gasteiger charge is -2.33. The van der Waals surface area contributed by atoms with Gasteiger partial charge < -0.3 is 14.8 Å². The molecule has 0 unspecified atom stereocenters. The Bertz CT molecular complexity index is 596. The summed E-state index contributed by atoms with van der Waals surface area (Å²) in [6.07, 6.45) is 2.54. The average Bonchev–Trinajstić information content (AvgIpc) is 2.83. The number of fused-ring (bicyclic) bond motifs is 1. The zero-order valence-electron chi connectivity index (χ0n) is 13.3. The standard InChI is InChI=1S/C17H26N4/c1-13(2)21(12-14-8-10-18-11-9-14)17-19-15-6-4-5-7-16(15)20(17)3/h4-7,13-14,18H,8-12H2,1-3H3. The van der Waals surface area contributed by atoms with Crippen molar-refractivity contribution in [2.45, 2.75) is 32.7 Å². The first-order valence-corrected chi connectivity index (χ1v) is 8.05. The highest BCUT2D eigenvalue weighted by Crippen LogP contribution is 2.25. The minimum absolute atomic E-state index is 0.468. The van der Waals surface area contributed by atoms with Gasteiger partial charge in [0.1, 0.15) is 0 Å². The first kappa shape index (κ1) is 14.4. The molecule has 4 heteroatoms. The maximum Gasteiger partial charge on any atom is 0.206 e. The SMILES string of the molecule is CC(C)N(CC1CCNCC1)c1nc2ccccc2n1C. The zero-order valence-corrected chi connectivity index (χ0v) is 13.3. The van der Waals surface area contributed by atoms with Crippen LogP contribution in [0.5, 0.6) is 0 Å². The number of hydrogen-bond acceptors (Lipinski definition) is 3. The van der Waals surface area contributed by atoms with Crippen LogP contribution in [0.3, 0.4) is 0 Å². The number of nitrogens with one attached hydrogen (secondary N) is 1. The second-order valence-corrected chi connectivity index (χ2v) is 6.40. The molecule has 1 aromatic carbocycles. The highest BCUT2D eigenvalue weighted by atomic mass is 15.3. The number of aromatic nitrogens is 2. The van der Waals surface area contributed by atoms with Gasteiger partial charge in [-0.1, -0.05) is 12.1 Å². The minimum Gasteiger partial charge on any atom is -0.340 e. The van der Waals surface area contributed by atoms with E-state index in [1.54, 1.807) is 0 Å². The van der Waals surface area contributed by atoms with Crippen LogP contribution in [0.2, 0.25) is 0 Å². The third kappa shape index (κ3) is 2.91. The predicted molar refractivity (Wildman–Crippen MR) is 88.8 cm³/mol. The van der Waals surface area contributed by atoms with Gasteiger partial charge in [-0.15, -0.1) is 0 Å². The third-order valence-electron chi connectivity index (χ3n) is 4.56. The van der Waals surface area contributed by atoms with Crippen LogP contribution >= 0.6 is 0 Å². The van der Waals surface area contributed by atoms with E-state index in [-0.39, 0.29) is 0 Å². The second kappa shape index (κ2) is 6.06. The number of para-hydroxylation sites is 2. The molecule has 3 rings (SSSR count). The van der Waals surface area contributed by atoms with Crippen molar-refractivity contribution in [3.05, 3.63) is 24.3 Å². The van der Waals surface area contributed by atoms with E-state index in [4.69, 9.17) is 4.98 Å². The average molecular weight is 286 g/mol. The van der Waals surface area contributed by atoms with Crippen molar-refractivity contribution < 1.29 is 0 Å². The summed E-state index contributed by atoms with van der Waals surface area (Å²) in [6, 6.07) is 8.86. The second-order valence-electron chi connectivity index (χ2n) is 6.40. The van der Waals surface area contributed by atoms with Crippen LogP contribution in [0.15, 0.2) is 24.3 Å². The molecule has 1 N–H and O–H groups in total. The van der Waals surface area contributed by atoms with E-state index in [1.807, 2.05) is 0 Å². The molecular weight excluding hydrogens is 260 g/mol. The lowest BCUT2D eigenvalue weighted by molar-refractivity contribution is 0.365. The van der Waals surface area contributed by atoms with Crippen LogP contribution < -0.4 is 10.2 Å². The van der Waals surface area contributed by atoms with E-state index in [9.17, 15) is 0 Å². The lowest BCUT2D eigenvalue weighted by atomic mass is 9.97. The normalized spacial score (nSPS) is 16.8. The molecule has 114 valence electrons. The molecule has 0 radical (unpaired) electrons. The molecule has 1 aromatic heterocycles. The molecule has 1 saturated heterocycles. The van der Waals surface area contributed by atoms with Crippen molar-refractivity contribution in [3.8, 4) is 0 Å². The summed E-state index contributed by atoms with van der Waals surface area (Å²) in [5.41, 5.74) is 2.30. The maximum atomic E-state index is 4.87. The highest BCUT2D eigenvalue weighted by Gasteiger charge is 2.22. The Morgan fingerprint density at radius 2 is 2.00 bits per heavy atom. The first-order chi connectivity index (χ1) is 10.2. The van der Waals surface area contributed by atoms with Gasteiger partial charge in [-0.3, -0.25) is 0 Å². The zero-order chi connectivity index (χ0) is 14.8. The summed E-state index contributed by atoms with van der Waals surface area (Å²) in [5.74, 6) is 1.87. The van der Waals surface area contributed by atoms with Crippen LogP contribution in [-0.4, -0.2) is 35.2 Å². The number of rotatable bonds is 4. The van der Waals surface area contributed by atoms with Crippen LogP contribution in [0.25, 0.3) is 11.0 Å². The van der Waals surface area contributed by atoms with Crippen LogP contribution in [0, 0.1) is 5.92 Å². The maximum absolute atomic E-state index is 4.87. The third-order valence-corrected chi connectivity index (χ3v) is 4.56. The summed E-state index contributed by atoms with van der Waals surface area (Å²) in [5, 5.41) is 3.45. The molecule has 21 heavy (non-hydrogen) atoms. The van der Waals surface area contributed by atoms with E-state index < -0.39 is 0 Å². The summed E-state index contributed by atoms with van der Waals surface area (Å²) in [6.45, 7) is 7.94. The number of benzene rings is 1. The molecule has 0 atom stereocenters. The van der Waals surface area contributed by atoms with Gasteiger partial charge in [-0.2, -0.15) is 0 Å². The fourth-order valence-corrected chi connectivity index (χ4v) is 3.26. The molecule has 2 heterocycles. The van der Waals surface area contributed by atoms with E-state index >= 15 is 0 Å². The number of piperidine rings is 1. The van der Waals surface area contributed by atoms with Gasteiger partial charge in [-0.25, -0.2) is 4.98 Å². The molecule has 1 aliphatic heterocycles. The monoisotopic (exact) mass is 286 g/mol. The molecule has 1 fully saturated rings. The number of imidazole rings is 1. The minimum atomic E-state index is 0.468. The van der Waals surface area contributed by atoms with Gasteiger partial charge in [0, 0.05) is 19.6 Å². The molecule has 0 amide bonds. The molecule has 4 nitrogen and oxygen atoms in total. The number of hydrogen-bond donors (Lipinski definition) is 1. The number of aryl methyl sites for hydroxylation is 1. The Balaban J connectivity index is 1.89. The first-order valence-electron chi connectivity index (χ1n) is 8.05. The van der Waals surface area contributed by atoms with Crippen molar-refractivity contribution in [2.24, 2.45) is 13.0 Å². The molecule has 0 bridgehead atoms. The van der Waals surface area contributed by atoms with Gasteiger partial charge >= 0.3 is 0 Å². The predicted octanol–water partition coefficient (Wildman–Crippen LogP) is 2.79. The van der Waals surface area contributed by atoms with Crippen LogP contribution in [-0.2, 0) is 7.05 Å². The molecule has 0 saturated carbocycles. The Labute approximate surface area is 127 Å². The van der Waals surface area contributed by atoms with E-state index in [0.29, 0.717) is 6.04 Å². The fraction of sp³-hybridized carbons (Fsp3) is 0.588. The van der Waals surface area contributed by atoms with Crippen molar-refractivity contribution in [2.75, 3.05) is 24.5 Å². The van der Waals surface area contributed by atoms with Crippen molar-refractivity contribution in [1.82, 2.24) is 14.9 Å². The smallest absolute Gasteiger partial charge is 0.206 e. The molecule has 0 spiro atoms. The topological polar surface area (TPSA) is 33.1 Å². The van der Waals surface area contributed by atoms with E-state index in [1.165, 1.54) is 18.4 Å². The summed E-state index contributed by atoms with van der Waals surface area (Å²) < 4.78 is 2.23. The van der Waals surface area contributed by atoms with Gasteiger partial charge in [0.15, 0.2) is 0 Å². The summed E-state index contributed by atoms with van der Waals surface area (Å²) in [7, 11) is 2.13.